The summed E-state index contributed by atoms with van der Waals surface area (Å²) in [6.07, 6.45) is 0.846. The van der Waals surface area contributed by atoms with Crippen LogP contribution in [0.1, 0.15) is 24.8 Å². The molecule has 0 saturated heterocycles. The monoisotopic (exact) mass is 317 g/mol. The van der Waals surface area contributed by atoms with Crippen LogP contribution in [0.3, 0.4) is 0 Å². The van der Waals surface area contributed by atoms with Crippen molar-refractivity contribution < 1.29 is 9.84 Å². The molecule has 7 nitrogen and oxygen atoms in total. The van der Waals surface area contributed by atoms with Gasteiger partial charge in [0.05, 0.1) is 10.9 Å². The van der Waals surface area contributed by atoms with Crippen LogP contribution in [0.15, 0.2) is 29.9 Å². The highest BCUT2D eigenvalue weighted by Crippen LogP contribution is 2.44. The van der Waals surface area contributed by atoms with E-state index >= 15 is 0 Å². The lowest BCUT2D eigenvalue weighted by molar-refractivity contribution is -0.0518. The van der Waals surface area contributed by atoms with Crippen LogP contribution < -0.4 is 10.1 Å². The van der Waals surface area contributed by atoms with Gasteiger partial charge in [0.25, 0.3) is 0 Å². The van der Waals surface area contributed by atoms with Crippen LogP contribution in [0.2, 0.25) is 0 Å². The van der Waals surface area contributed by atoms with Crippen molar-refractivity contribution in [2.24, 2.45) is 0 Å². The Labute approximate surface area is 130 Å². The largest absolute Gasteiger partial charge is 0.484 e. The highest BCUT2D eigenvalue weighted by atomic mass is 32.1. The molecule has 2 atom stereocenters. The first kappa shape index (κ1) is 13.5. The van der Waals surface area contributed by atoms with Crippen molar-refractivity contribution in [1.29, 1.82) is 0 Å². The lowest BCUT2D eigenvalue weighted by atomic mass is 9.91. The SMILES string of the molecule is CC1(C)Oc2ccsc2[C@@H](Nc2ccc3nncn3n2)[C@@H]1O. The molecule has 0 saturated carbocycles. The van der Waals surface area contributed by atoms with E-state index in [0.717, 1.165) is 10.6 Å². The number of nitrogens with zero attached hydrogens (tertiary/aromatic N) is 4. The number of hydrogen-bond donors (Lipinski definition) is 2. The van der Waals surface area contributed by atoms with Gasteiger partial charge in [0.2, 0.25) is 0 Å². The van der Waals surface area contributed by atoms with Crippen molar-refractivity contribution in [3.05, 3.63) is 34.8 Å². The average molecular weight is 317 g/mol. The van der Waals surface area contributed by atoms with Gasteiger partial charge in [-0.2, -0.15) is 4.52 Å². The van der Waals surface area contributed by atoms with Crippen molar-refractivity contribution in [2.75, 3.05) is 5.32 Å². The molecular formula is C14H15N5O2S. The summed E-state index contributed by atoms with van der Waals surface area (Å²) in [6, 6.07) is 5.31. The van der Waals surface area contributed by atoms with E-state index in [1.807, 2.05) is 37.4 Å². The van der Waals surface area contributed by atoms with Gasteiger partial charge >= 0.3 is 0 Å². The summed E-state index contributed by atoms with van der Waals surface area (Å²) < 4.78 is 7.46. The number of rotatable bonds is 2. The molecule has 1 aliphatic heterocycles. The van der Waals surface area contributed by atoms with Crippen LogP contribution in [0, 0.1) is 0 Å². The molecule has 0 aromatic carbocycles. The summed E-state index contributed by atoms with van der Waals surface area (Å²) in [5.41, 5.74) is 0.00192. The van der Waals surface area contributed by atoms with Crippen LogP contribution >= 0.6 is 11.3 Å². The number of aliphatic hydroxyl groups is 1. The second-order valence-corrected chi connectivity index (χ2v) is 6.72. The molecule has 0 aliphatic carbocycles. The highest BCUT2D eigenvalue weighted by Gasteiger charge is 2.43. The van der Waals surface area contributed by atoms with E-state index in [4.69, 9.17) is 4.74 Å². The molecule has 4 heterocycles. The molecule has 8 heteroatoms. The molecule has 0 amide bonds. The zero-order valence-electron chi connectivity index (χ0n) is 12.1. The van der Waals surface area contributed by atoms with E-state index in [-0.39, 0.29) is 6.04 Å². The number of ether oxygens (including phenoxy) is 1. The van der Waals surface area contributed by atoms with E-state index in [1.54, 1.807) is 22.2 Å². The minimum absolute atomic E-state index is 0.278. The Kier molecular flexibility index (Phi) is 2.85. The number of fused-ring (bicyclic) bond motifs is 2. The van der Waals surface area contributed by atoms with E-state index in [2.05, 4.69) is 20.6 Å². The summed E-state index contributed by atoms with van der Waals surface area (Å²) >= 11 is 1.56. The molecule has 4 rings (SSSR count). The predicted octanol–water partition coefficient (Wildman–Crippen LogP) is 1.87. The van der Waals surface area contributed by atoms with Gasteiger partial charge in [0.1, 0.15) is 29.6 Å². The Hall–Kier alpha value is -2.19. The van der Waals surface area contributed by atoms with Crippen molar-refractivity contribution in [3.8, 4) is 5.75 Å². The van der Waals surface area contributed by atoms with Gasteiger partial charge in [-0.15, -0.1) is 26.6 Å². The molecular weight excluding hydrogens is 302 g/mol. The highest BCUT2D eigenvalue weighted by molar-refractivity contribution is 7.10. The van der Waals surface area contributed by atoms with Crippen molar-refractivity contribution in [2.45, 2.75) is 31.6 Å². The first-order chi connectivity index (χ1) is 10.5. The van der Waals surface area contributed by atoms with E-state index in [9.17, 15) is 5.11 Å². The zero-order valence-corrected chi connectivity index (χ0v) is 12.9. The minimum atomic E-state index is -0.697. The van der Waals surface area contributed by atoms with Gasteiger partial charge in [-0.1, -0.05) is 0 Å². The van der Waals surface area contributed by atoms with E-state index < -0.39 is 11.7 Å². The maximum Gasteiger partial charge on any atom is 0.177 e. The third-order valence-corrected chi connectivity index (χ3v) is 4.79. The lowest BCUT2D eigenvalue weighted by Crippen LogP contribution is -2.50. The van der Waals surface area contributed by atoms with E-state index in [1.165, 1.54) is 0 Å². The summed E-state index contributed by atoms with van der Waals surface area (Å²) in [5, 5.41) is 28.1. The molecule has 0 bridgehead atoms. The normalized spacial score (nSPS) is 23.0. The second-order valence-electron chi connectivity index (χ2n) is 5.77. The number of thiophene rings is 1. The van der Waals surface area contributed by atoms with Crippen molar-refractivity contribution >= 4 is 22.8 Å². The first-order valence-corrected chi connectivity index (χ1v) is 7.81. The summed E-state index contributed by atoms with van der Waals surface area (Å²) in [4.78, 5) is 0.970. The third-order valence-electron chi connectivity index (χ3n) is 3.81. The predicted molar refractivity (Wildman–Crippen MR) is 82.2 cm³/mol. The molecule has 3 aromatic heterocycles. The standard InChI is InChI=1S/C14H15N5O2S/c1-14(2)13(20)11(12-8(21-14)5-6-22-12)16-9-3-4-10-17-15-7-19(10)18-9/h3-7,11,13,20H,1-2H3,(H,16,18)/t11-,13+/m1/s1. The fourth-order valence-corrected chi connectivity index (χ4v) is 3.52. The Balaban J connectivity index is 1.71. The van der Waals surface area contributed by atoms with Crippen LogP contribution in [0.4, 0.5) is 5.82 Å². The number of nitrogens with one attached hydrogen (secondary N) is 1. The third kappa shape index (κ3) is 2.03. The Bertz CT molecular complexity index is 827. The van der Waals surface area contributed by atoms with Gasteiger partial charge in [-0.3, -0.25) is 0 Å². The Morgan fingerprint density at radius 3 is 3.09 bits per heavy atom. The topological polar surface area (TPSA) is 84.6 Å². The van der Waals surface area contributed by atoms with E-state index in [0.29, 0.717) is 11.5 Å². The number of anilines is 1. The molecule has 0 radical (unpaired) electrons. The van der Waals surface area contributed by atoms with Crippen molar-refractivity contribution in [3.63, 3.8) is 0 Å². The molecule has 0 spiro atoms. The summed E-state index contributed by atoms with van der Waals surface area (Å²) in [7, 11) is 0. The molecule has 0 fully saturated rings. The fourth-order valence-electron chi connectivity index (χ4n) is 2.62. The average Bonchev–Trinajstić information content (AvgIpc) is 3.11. The van der Waals surface area contributed by atoms with Crippen LogP contribution in [0.25, 0.3) is 5.65 Å². The maximum atomic E-state index is 10.7. The minimum Gasteiger partial charge on any atom is -0.484 e. The summed E-state index contributed by atoms with van der Waals surface area (Å²) in [5.74, 6) is 1.46. The molecule has 2 N–H and O–H groups in total. The molecule has 22 heavy (non-hydrogen) atoms. The number of hydrogen-bond acceptors (Lipinski definition) is 7. The number of aromatic nitrogens is 4. The Morgan fingerprint density at radius 2 is 2.23 bits per heavy atom. The van der Waals surface area contributed by atoms with Gasteiger partial charge in [-0.05, 0) is 37.4 Å². The summed E-state index contributed by atoms with van der Waals surface area (Å²) in [6.45, 7) is 3.76. The van der Waals surface area contributed by atoms with Crippen molar-refractivity contribution in [1.82, 2.24) is 19.8 Å². The molecule has 114 valence electrons. The molecule has 3 aromatic rings. The smallest absolute Gasteiger partial charge is 0.177 e. The second kappa shape index (κ2) is 4.65. The lowest BCUT2D eigenvalue weighted by Gasteiger charge is -2.40. The van der Waals surface area contributed by atoms with Crippen LogP contribution in [0.5, 0.6) is 5.75 Å². The van der Waals surface area contributed by atoms with Crippen LogP contribution in [-0.4, -0.2) is 36.6 Å². The van der Waals surface area contributed by atoms with Gasteiger partial charge < -0.3 is 15.2 Å². The van der Waals surface area contributed by atoms with Gasteiger partial charge in [0.15, 0.2) is 5.65 Å². The zero-order chi connectivity index (χ0) is 15.3. The number of aliphatic hydroxyl groups excluding tert-OH is 1. The van der Waals surface area contributed by atoms with Gasteiger partial charge in [0, 0.05) is 0 Å². The quantitative estimate of drug-likeness (QED) is 0.750. The fraction of sp³-hybridized carbons (Fsp3) is 0.357. The van der Waals surface area contributed by atoms with Gasteiger partial charge in [-0.25, -0.2) is 0 Å². The van der Waals surface area contributed by atoms with Crippen LogP contribution in [-0.2, 0) is 0 Å². The molecule has 0 unspecified atom stereocenters. The first-order valence-electron chi connectivity index (χ1n) is 6.93. The Morgan fingerprint density at radius 1 is 1.36 bits per heavy atom. The maximum absolute atomic E-state index is 10.7. The molecule has 1 aliphatic rings.